The highest BCUT2D eigenvalue weighted by Crippen LogP contribution is 1.98. The third-order valence-corrected chi connectivity index (χ3v) is 1.78. The maximum atomic E-state index is 4.92. The van der Waals surface area contributed by atoms with Crippen LogP contribution in [-0.4, -0.2) is 42.1 Å². The molecule has 0 amide bonds. The average Bonchev–Trinajstić information content (AvgIpc) is 2.03. The van der Waals surface area contributed by atoms with Crippen LogP contribution in [0.5, 0.6) is 0 Å². The van der Waals surface area contributed by atoms with Crippen molar-refractivity contribution in [1.29, 1.82) is 0 Å². The summed E-state index contributed by atoms with van der Waals surface area (Å²) < 4.78 is 0.603. The molecule has 0 aromatic carbocycles. The van der Waals surface area contributed by atoms with Crippen LogP contribution in [0.25, 0.3) is 0 Å². The molecule has 0 aliphatic heterocycles. The van der Waals surface area contributed by atoms with Gasteiger partial charge in [0.1, 0.15) is 10.5 Å². The van der Waals surface area contributed by atoms with Crippen LogP contribution in [-0.2, 0) is 0 Å². The Hall–Kier alpha value is -0.940. The summed E-state index contributed by atoms with van der Waals surface area (Å²) in [6.07, 6.45) is 1.60. The first-order chi connectivity index (χ1) is 6.18. The van der Waals surface area contributed by atoms with Gasteiger partial charge in [-0.05, 0) is 14.1 Å². The van der Waals surface area contributed by atoms with Crippen molar-refractivity contribution >= 4 is 18.0 Å². The normalized spacial score (nSPS) is 10.4. The van der Waals surface area contributed by atoms with Crippen molar-refractivity contribution < 1.29 is 0 Å². The predicted octanol–water partition coefficient (Wildman–Crippen LogP) is 1.11. The summed E-state index contributed by atoms with van der Waals surface area (Å²) in [6, 6.07) is 1.81. The maximum absolute atomic E-state index is 4.92. The molecule has 1 heterocycles. The Balaban J connectivity index is 2.41. The standard InChI is InChI=1S/C8H14N4S/c1-12(2)4-3-9-7-5-8(13)11-6-10-7/h5-6H,3-4H2,1-2H3,(H2,9,10,11,13). The van der Waals surface area contributed by atoms with E-state index in [1.54, 1.807) is 6.33 Å². The Morgan fingerprint density at radius 3 is 3.00 bits per heavy atom. The Kier molecular flexibility index (Phi) is 3.85. The van der Waals surface area contributed by atoms with Gasteiger partial charge in [-0.3, -0.25) is 0 Å². The van der Waals surface area contributed by atoms with Gasteiger partial charge in [-0.1, -0.05) is 12.2 Å². The molecule has 0 spiro atoms. The van der Waals surface area contributed by atoms with Gasteiger partial charge in [0.05, 0.1) is 6.33 Å². The molecule has 1 rings (SSSR count). The van der Waals surface area contributed by atoms with Gasteiger partial charge in [0, 0.05) is 19.2 Å². The van der Waals surface area contributed by atoms with Crippen LogP contribution in [0.15, 0.2) is 12.4 Å². The van der Waals surface area contributed by atoms with E-state index in [-0.39, 0.29) is 0 Å². The van der Waals surface area contributed by atoms with Crippen molar-refractivity contribution in [2.45, 2.75) is 0 Å². The smallest absolute Gasteiger partial charge is 0.131 e. The largest absolute Gasteiger partial charge is 0.370 e. The third kappa shape index (κ3) is 4.00. The molecule has 0 saturated heterocycles. The predicted molar refractivity (Wildman–Crippen MR) is 56.5 cm³/mol. The molecule has 0 fully saturated rings. The lowest BCUT2D eigenvalue weighted by atomic mass is 10.5. The molecule has 72 valence electrons. The van der Waals surface area contributed by atoms with E-state index >= 15 is 0 Å². The molecule has 1 aromatic heterocycles. The first-order valence-electron chi connectivity index (χ1n) is 4.12. The van der Waals surface area contributed by atoms with E-state index in [0.717, 1.165) is 18.9 Å². The molecule has 0 atom stereocenters. The Labute approximate surface area is 83.0 Å². The van der Waals surface area contributed by atoms with Crippen molar-refractivity contribution in [2.24, 2.45) is 0 Å². The molecule has 0 aliphatic rings. The van der Waals surface area contributed by atoms with E-state index in [4.69, 9.17) is 12.2 Å². The zero-order chi connectivity index (χ0) is 9.68. The van der Waals surface area contributed by atoms with Crippen molar-refractivity contribution in [3.05, 3.63) is 17.0 Å². The van der Waals surface area contributed by atoms with Crippen molar-refractivity contribution in [2.75, 3.05) is 32.5 Å². The number of nitrogens with one attached hydrogen (secondary N) is 2. The molecule has 0 aliphatic carbocycles. The summed E-state index contributed by atoms with van der Waals surface area (Å²) in [4.78, 5) is 8.98. The highest BCUT2D eigenvalue weighted by Gasteiger charge is 1.92. The van der Waals surface area contributed by atoms with E-state index in [9.17, 15) is 0 Å². The Morgan fingerprint density at radius 1 is 1.62 bits per heavy atom. The molecule has 0 bridgehead atoms. The summed E-state index contributed by atoms with van der Waals surface area (Å²) in [5, 5.41) is 3.21. The fourth-order valence-corrected chi connectivity index (χ4v) is 1.05. The summed E-state index contributed by atoms with van der Waals surface area (Å²) in [5.74, 6) is 0.918. The van der Waals surface area contributed by atoms with Crippen LogP contribution in [0.2, 0.25) is 0 Å². The number of hydrogen-bond donors (Lipinski definition) is 2. The van der Waals surface area contributed by atoms with Gasteiger partial charge in [-0.2, -0.15) is 0 Å². The molecule has 0 radical (unpaired) electrons. The molecule has 0 saturated carbocycles. The van der Waals surface area contributed by atoms with Gasteiger partial charge in [-0.25, -0.2) is 4.98 Å². The quantitative estimate of drug-likeness (QED) is 0.711. The van der Waals surface area contributed by atoms with Crippen LogP contribution in [0, 0.1) is 4.64 Å². The monoisotopic (exact) mass is 198 g/mol. The van der Waals surface area contributed by atoms with Crippen LogP contribution in [0.1, 0.15) is 0 Å². The van der Waals surface area contributed by atoms with E-state index in [2.05, 4.69) is 20.2 Å². The van der Waals surface area contributed by atoms with Gasteiger partial charge in [0.15, 0.2) is 0 Å². The number of aromatic amines is 1. The van der Waals surface area contributed by atoms with Gasteiger partial charge < -0.3 is 15.2 Å². The van der Waals surface area contributed by atoms with Gasteiger partial charge in [0.25, 0.3) is 0 Å². The van der Waals surface area contributed by atoms with Crippen molar-refractivity contribution in [3.8, 4) is 0 Å². The average molecular weight is 198 g/mol. The highest BCUT2D eigenvalue weighted by atomic mass is 32.1. The molecule has 13 heavy (non-hydrogen) atoms. The van der Waals surface area contributed by atoms with Crippen molar-refractivity contribution in [1.82, 2.24) is 14.9 Å². The fourth-order valence-electron chi connectivity index (χ4n) is 0.884. The number of aromatic nitrogens is 2. The molecule has 5 heteroatoms. The zero-order valence-corrected chi connectivity index (χ0v) is 8.69. The van der Waals surface area contributed by atoms with E-state index in [1.807, 2.05) is 20.2 Å². The number of likely N-dealkylation sites (N-methyl/N-ethyl adjacent to an activating group) is 1. The number of nitrogens with zero attached hydrogens (tertiary/aromatic N) is 2. The molecule has 2 N–H and O–H groups in total. The summed E-state index contributed by atoms with van der Waals surface area (Å²) >= 11 is 4.92. The number of hydrogen-bond acceptors (Lipinski definition) is 4. The van der Waals surface area contributed by atoms with Crippen LogP contribution in [0.3, 0.4) is 0 Å². The maximum Gasteiger partial charge on any atom is 0.131 e. The SMILES string of the molecule is CN(C)CCNc1cc(=S)nc[nH]1. The van der Waals surface area contributed by atoms with Crippen LogP contribution < -0.4 is 5.32 Å². The summed E-state index contributed by atoms with van der Waals surface area (Å²) in [6.45, 7) is 1.88. The van der Waals surface area contributed by atoms with Gasteiger partial charge >= 0.3 is 0 Å². The lowest BCUT2D eigenvalue weighted by Gasteiger charge is -2.10. The van der Waals surface area contributed by atoms with Crippen LogP contribution in [0.4, 0.5) is 5.82 Å². The lowest BCUT2D eigenvalue weighted by molar-refractivity contribution is 0.425. The Bertz CT molecular complexity index is 307. The molecule has 1 aromatic rings. The lowest BCUT2D eigenvalue weighted by Crippen LogP contribution is -2.21. The fraction of sp³-hybridized carbons (Fsp3) is 0.500. The minimum Gasteiger partial charge on any atom is -0.370 e. The Morgan fingerprint density at radius 2 is 2.38 bits per heavy atom. The topological polar surface area (TPSA) is 44.0 Å². The molecule has 0 unspecified atom stereocenters. The molecule has 4 nitrogen and oxygen atoms in total. The number of anilines is 1. The first kappa shape index (κ1) is 10.1. The summed E-state index contributed by atoms with van der Waals surface area (Å²) in [7, 11) is 4.08. The second-order valence-corrected chi connectivity index (χ2v) is 3.45. The van der Waals surface area contributed by atoms with E-state index in [0.29, 0.717) is 4.64 Å². The first-order valence-corrected chi connectivity index (χ1v) is 4.52. The highest BCUT2D eigenvalue weighted by molar-refractivity contribution is 7.71. The molecular weight excluding hydrogens is 184 g/mol. The van der Waals surface area contributed by atoms with E-state index < -0.39 is 0 Å². The van der Waals surface area contributed by atoms with E-state index in [1.165, 1.54) is 0 Å². The zero-order valence-electron chi connectivity index (χ0n) is 7.87. The second kappa shape index (κ2) is 4.94. The number of rotatable bonds is 4. The van der Waals surface area contributed by atoms with Crippen LogP contribution >= 0.6 is 12.2 Å². The minimum atomic E-state index is 0.603. The summed E-state index contributed by atoms with van der Waals surface area (Å²) in [5.41, 5.74) is 0. The van der Waals surface area contributed by atoms with Gasteiger partial charge in [-0.15, -0.1) is 0 Å². The molecular formula is C8H14N4S. The van der Waals surface area contributed by atoms with Crippen molar-refractivity contribution in [3.63, 3.8) is 0 Å². The second-order valence-electron chi connectivity index (χ2n) is 3.03. The third-order valence-electron chi connectivity index (χ3n) is 1.55. The minimum absolute atomic E-state index is 0.603. The van der Waals surface area contributed by atoms with Gasteiger partial charge in [0.2, 0.25) is 0 Å². The number of H-pyrrole nitrogens is 1.